The van der Waals surface area contributed by atoms with Crippen LogP contribution in [0.5, 0.6) is 0 Å². The van der Waals surface area contributed by atoms with Gasteiger partial charge < -0.3 is 20.4 Å². The lowest BCUT2D eigenvalue weighted by Crippen LogP contribution is -2.32. The SMILES string of the molecule is C.CN1CCN(C)c2nc(c3ccccc3n2)NCC2CCCC(CNc3nc1nc1ccccc31)C2. The molecule has 2 N–H and O–H groups in total. The van der Waals surface area contributed by atoms with Gasteiger partial charge in [-0.15, -0.1) is 0 Å². The van der Waals surface area contributed by atoms with Gasteiger partial charge in [-0.05, 0) is 55.4 Å². The number of hydrogen-bond acceptors (Lipinski definition) is 8. The van der Waals surface area contributed by atoms with Crippen LogP contribution in [0.25, 0.3) is 21.8 Å². The van der Waals surface area contributed by atoms with Crippen LogP contribution in [-0.4, -0.2) is 60.2 Å². The largest absolute Gasteiger partial charge is 0.369 e. The Morgan fingerprint density at radius 3 is 1.62 bits per heavy atom. The van der Waals surface area contributed by atoms with Crippen LogP contribution in [0.3, 0.4) is 0 Å². The first-order valence-corrected chi connectivity index (χ1v) is 13.1. The van der Waals surface area contributed by atoms with Crippen LogP contribution >= 0.6 is 0 Å². The molecule has 2 aromatic heterocycles. The van der Waals surface area contributed by atoms with Gasteiger partial charge in [-0.25, -0.2) is 9.97 Å². The maximum Gasteiger partial charge on any atom is 0.227 e. The van der Waals surface area contributed by atoms with Crippen molar-refractivity contribution in [2.24, 2.45) is 11.8 Å². The average Bonchev–Trinajstić information content (AvgIpc) is 2.92. The lowest BCUT2D eigenvalue weighted by atomic mass is 9.81. The first-order chi connectivity index (χ1) is 17.6. The summed E-state index contributed by atoms with van der Waals surface area (Å²) in [5.74, 6) is 4.58. The van der Waals surface area contributed by atoms with Crippen molar-refractivity contribution in [3.8, 4) is 0 Å². The summed E-state index contributed by atoms with van der Waals surface area (Å²) in [6.45, 7) is 3.36. The molecular formula is C29H38N8. The van der Waals surface area contributed by atoms with E-state index in [1.54, 1.807) is 0 Å². The van der Waals surface area contributed by atoms with E-state index in [1.165, 1.54) is 25.7 Å². The molecule has 8 nitrogen and oxygen atoms in total. The summed E-state index contributed by atoms with van der Waals surface area (Å²) in [5, 5.41) is 9.57. The monoisotopic (exact) mass is 498 g/mol. The summed E-state index contributed by atoms with van der Waals surface area (Å²) >= 11 is 0. The fourth-order valence-electron chi connectivity index (χ4n) is 5.49. The van der Waals surface area contributed by atoms with Gasteiger partial charge in [0.15, 0.2) is 0 Å². The van der Waals surface area contributed by atoms with Crippen molar-refractivity contribution in [2.45, 2.75) is 33.1 Å². The van der Waals surface area contributed by atoms with Crippen molar-refractivity contribution in [1.82, 2.24) is 19.9 Å². The van der Waals surface area contributed by atoms with E-state index in [9.17, 15) is 0 Å². The molecule has 0 amide bonds. The van der Waals surface area contributed by atoms with Gasteiger partial charge in [-0.3, -0.25) is 0 Å². The molecule has 2 atom stereocenters. The van der Waals surface area contributed by atoms with Gasteiger partial charge in [0.2, 0.25) is 11.9 Å². The summed E-state index contributed by atoms with van der Waals surface area (Å²) in [6.07, 6.45) is 4.97. The second kappa shape index (κ2) is 10.7. The molecule has 6 rings (SSSR count). The van der Waals surface area contributed by atoms with Crippen LogP contribution in [0, 0.1) is 11.8 Å². The normalized spacial score (nSPS) is 20.5. The molecule has 2 aliphatic rings. The van der Waals surface area contributed by atoms with Crippen LogP contribution in [0.2, 0.25) is 0 Å². The number of benzene rings is 2. The lowest BCUT2D eigenvalue weighted by Gasteiger charge is -2.30. The van der Waals surface area contributed by atoms with E-state index in [-0.39, 0.29) is 7.43 Å². The third-order valence-corrected chi connectivity index (χ3v) is 7.64. The molecule has 6 bridgehead atoms. The van der Waals surface area contributed by atoms with Gasteiger partial charge >= 0.3 is 0 Å². The van der Waals surface area contributed by atoms with E-state index in [4.69, 9.17) is 19.9 Å². The fraction of sp³-hybridized carbons (Fsp3) is 0.448. The van der Waals surface area contributed by atoms with E-state index in [0.29, 0.717) is 11.8 Å². The number of rotatable bonds is 0. The molecule has 0 radical (unpaired) electrons. The Balaban J connectivity index is 0.00000280. The molecule has 37 heavy (non-hydrogen) atoms. The van der Waals surface area contributed by atoms with E-state index >= 15 is 0 Å². The highest BCUT2D eigenvalue weighted by Crippen LogP contribution is 2.32. The standard InChI is InChI=1S/C28H34N8.CH4/c1-35-14-15-36(2)28-32-24-13-6-4-11-22(24)26(34-28)30-18-20-9-7-8-19(16-20)17-29-25-21-10-3-5-12-23(21)31-27(35)33-25;/h3-6,10-13,19-20H,7-9,14-18H2,1-2H3,(H,29,31,33)(H,30,32,34);1H4. The van der Waals surface area contributed by atoms with Gasteiger partial charge in [0.1, 0.15) is 11.6 Å². The number of hydrogen-bond donors (Lipinski definition) is 2. The number of anilines is 4. The van der Waals surface area contributed by atoms with Crippen molar-refractivity contribution >= 4 is 45.3 Å². The molecule has 0 spiro atoms. The summed E-state index contributed by atoms with van der Waals surface area (Å²) in [5.41, 5.74) is 1.94. The number of nitrogens with one attached hydrogen (secondary N) is 2. The topological polar surface area (TPSA) is 82.1 Å². The molecule has 8 heteroatoms. The maximum absolute atomic E-state index is 4.97. The highest BCUT2D eigenvalue weighted by atomic mass is 15.3. The highest BCUT2D eigenvalue weighted by Gasteiger charge is 2.23. The lowest BCUT2D eigenvalue weighted by molar-refractivity contribution is 0.286. The second-order valence-electron chi connectivity index (χ2n) is 10.3. The van der Waals surface area contributed by atoms with Crippen LogP contribution in [0.4, 0.5) is 23.5 Å². The molecule has 1 aliphatic heterocycles. The van der Waals surface area contributed by atoms with Crippen molar-refractivity contribution in [1.29, 1.82) is 0 Å². The smallest absolute Gasteiger partial charge is 0.227 e. The molecule has 194 valence electrons. The molecule has 4 aromatic rings. The predicted molar refractivity (Wildman–Crippen MR) is 155 cm³/mol. The Morgan fingerprint density at radius 1 is 0.676 bits per heavy atom. The predicted octanol–water partition coefficient (Wildman–Crippen LogP) is 5.43. The molecule has 0 saturated heterocycles. The summed E-state index contributed by atoms with van der Waals surface area (Å²) in [7, 11) is 4.10. The Kier molecular flexibility index (Phi) is 7.26. The van der Waals surface area contributed by atoms with Gasteiger partial charge in [0.25, 0.3) is 0 Å². The third-order valence-electron chi connectivity index (χ3n) is 7.64. The van der Waals surface area contributed by atoms with E-state index in [2.05, 4.69) is 70.9 Å². The minimum atomic E-state index is 0. The maximum atomic E-state index is 4.97. The second-order valence-corrected chi connectivity index (χ2v) is 10.3. The molecular weight excluding hydrogens is 460 g/mol. The molecule has 2 aromatic carbocycles. The van der Waals surface area contributed by atoms with Crippen LogP contribution in [0.15, 0.2) is 48.5 Å². The summed E-state index contributed by atoms with van der Waals surface area (Å²) in [4.78, 5) is 23.9. The molecule has 1 saturated carbocycles. The van der Waals surface area contributed by atoms with Gasteiger partial charge in [0, 0.05) is 51.0 Å². The number of likely N-dealkylation sites (N-methyl/N-ethyl adjacent to an activating group) is 2. The van der Waals surface area contributed by atoms with Crippen LogP contribution in [-0.2, 0) is 0 Å². The average molecular weight is 499 g/mol. The molecule has 3 heterocycles. The van der Waals surface area contributed by atoms with E-state index < -0.39 is 0 Å². The minimum absolute atomic E-state index is 0. The number of fused-ring (bicyclic) bond motifs is 10. The van der Waals surface area contributed by atoms with Crippen molar-refractivity contribution in [3.05, 3.63) is 48.5 Å². The first kappa shape index (κ1) is 25.0. The fourth-order valence-corrected chi connectivity index (χ4v) is 5.49. The zero-order valence-corrected chi connectivity index (χ0v) is 21.1. The van der Waals surface area contributed by atoms with Crippen molar-refractivity contribution in [2.75, 3.05) is 60.7 Å². The number of para-hydroxylation sites is 2. The molecule has 2 unspecified atom stereocenters. The summed E-state index contributed by atoms with van der Waals surface area (Å²) < 4.78 is 0. The number of nitrogens with zero attached hydrogens (tertiary/aromatic N) is 6. The van der Waals surface area contributed by atoms with Crippen LogP contribution < -0.4 is 20.4 Å². The van der Waals surface area contributed by atoms with Gasteiger partial charge in [-0.1, -0.05) is 38.1 Å². The molecule has 1 fully saturated rings. The van der Waals surface area contributed by atoms with E-state index in [1.807, 2.05) is 12.1 Å². The van der Waals surface area contributed by atoms with Crippen molar-refractivity contribution in [3.63, 3.8) is 0 Å². The minimum Gasteiger partial charge on any atom is -0.369 e. The Hall–Kier alpha value is -3.68. The third kappa shape index (κ3) is 5.24. The highest BCUT2D eigenvalue weighted by molar-refractivity contribution is 5.91. The Labute approximate surface area is 219 Å². The zero-order chi connectivity index (χ0) is 24.5. The first-order valence-electron chi connectivity index (χ1n) is 13.1. The molecule has 1 aliphatic carbocycles. The Morgan fingerprint density at radius 2 is 1.14 bits per heavy atom. The Bertz CT molecular complexity index is 1270. The number of aromatic nitrogens is 4. The van der Waals surface area contributed by atoms with Crippen LogP contribution in [0.1, 0.15) is 33.1 Å². The van der Waals surface area contributed by atoms with Crippen molar-refractivity contribution < 1.29 is 0 Å². The van der Waals surface area contributed by atoms with Gasteiger partial charge in [-0.2, -0.15) is 9.97 Å². The van der Waals surface area contributed by atoms with E-state index in [0.717, 1.165) is 71.5 Å². The summed E-state index contributed by atoms with van der Waals surface area (Å²) in [6, 6.07) is 16.6. The zero-order valence-electron chi connectivity index (χ0n) is 21.1. The van der Waals surface area contributed by atoms with Gasteiger partial charge in [0.05, 0.1) is 11.0 Å². The quantitative estimate of drug-likeness (QED) is 0.332.